The Morgan fingerprint density at radius 2 is 2.03 bits per heavy atom. The highest BCUT2D eigenvalue weighted by molar-refractivity contribution is 5.86. The summed E-state index contributed by atoms with van der Waals surface area (Å²) in [5, 5.41) is 7.65. The number of aryl methyl sites for hydroxylation is 2. The second-order valence-electron chi connectivity index (χ2n) is 9.13. The Morgan fingerprint density at radius 1 is 1.23 bits per heavy atom. The predicted molar refractivity (Wildman–Crippen MR) is 132 cm³/mol. The van der Waals surface area contributed by atoms with Gasteiger partial charge in [-0.3, -0.25) is 9.89 Å². The fourth-order valence-corrected chi connectivity index (χ4v) is 5.23. The molecule has 0 fully saturated rings. The maximum absolute atomic E-state index is 14.4. The number of nitrogens with zero attached hydrogens (tertiary/aromatic N) is 4. The van der Waals surface area contributed by atoms with Crippen LogP contribution in [0.3, 0.4) is 0 Å². The van der Waals surface area contributed by atoms with Crippen LogP contribution < -0.4 is 16.4 Å². The first-order valence-corrected chi connectivity index (χ1v) is 11.7. The molecule has 0 spiro atoms. The van der Waals surface area contributed by atoms with E-state index in [1.807, 2.05) is 18.0 Å². The molecule has 0 bridgehead atoms. The van der Waals surface area contributed by atoms with Gasteiger partial charge in [0.1, 0.15) is 0 Å². The minimum absolute atomic E-state index is 0.00997. The van der Waals surface area contributed by atoms with E-state index in [4.69, 9.17) is 11.5 Å². The molecule has 184 valence electrons. The predicted octanol–water partition coefficient (Wildman–Crippen LogP) is 3.85. The number of carbonyl (C=O) groups excluding carboxylic acids is 1. The number of nitrogens with two attached hydrogens (primary N) is 2. The van der Waals surface area contributed by atoms with Gasteiger partial charge in [-0.2, -0.15) is 5.10 Å². The zero-order chi connectivity index (χ0) is 24.9. The van der Waals surface area contributed by atoms with Gasteiger partial charge in [0.15, 0.2) is 5.82 Å². The minimum Gasteiger partial charge on any atom is -0.405 e. The summed E-state index contributed by atoms with van der Waals surface area (Å²) in [6.07, 6.45) is 4.42. The molecule has 5 rings (SSSR count). The number of H-pyrrole nitrogens is 1. The van der Waals surface area contributed by atoms with Crippen molar-refractivity contribution >= 4 is 29.2 Å². The van der Waals surface area contributed by atoms with Crippen LogP contribution in [0.5, 0.6) is 0 Å². The lowest BCUT2D eigenvalue weighted by Crippen LogP contribution is -2.35. The third-order valence-corrected chi connectivity index (χ3v) is 7.03. The first-order valence-electron chi connectivity index (χ1n) is 11.7. The standard InChI is InChI=1S/C25H29F2N7O/c1-14(35)33-9-6-20-19(13-33)25(31-30-20)34-8-3-4-15-10-16(17(24(26)27)11-22(15)34)18-12-32(2)21(5-7-28)23(18)29/h5,7,10-12,24H,3-4,6,8-9,13,28-29H2,1-2H3,(H,30,31)/b7-5-. The number of nitrogen functional groups attached to an aromatic ring is 1. The fraction of sp³-hybridized carbons (Fsp3) is 0.360. The summed E-state index contributed by atoms with van der Waals surface area (Å²) >= 11 is 0. The van der Waals surface area contributed by atoms with Gasteiger partial charge in [-0.25, -0.2) is 8.78 Å². The van der Waals surface area contributed by atoms with Crippen LogP contribution in [0.4, 0.5) is 26.0 Å². The molecule has 0 saturated carbocycles. The van der Waals surface area contributed by atoms with E-state index in [0.717, 1.165) is 35.3 Å². The number of alkyl halides is 2. The van der Waals surface area contributed by atoms with Crippen molar-refractivity contribution in [2.24, 2.45) is 12.8 Å². The third kappa shape index (κ3) is 3.82. The van der Waals surface area contributed by atoms with E-state index in [2.05, 4.69) is 10.2 Å². The zero-order valence-corrected chi connectivity index (χ0v) is 19.8. The fourth-order valence-electron chi connectivity index (χ4n) is 5.23. The topological polar surface area (TPSA) is 109 Å². The maximum atomic E-state index is 14.4. The number of aromatic nitrogens is 3. The monoisotopic (exact) mass is 481 g/mol. The molecule has 1 amide bonds. The van der Waals surface area contributed by atoms with E-state index >= 15 is 0 Å². The number of nitrogens with one attached hydrogen (secondary N) is 1. The number of halogens is 2. The molecule has 4 heterocycles. The Kier molecular flexibility index (Phi) is 5.74. The Hall–Kier alpha value is -3.82. The summed E-state index contributed by atoms with van der Waals surface area (Å²) in [5.74, 6) is 0.713. The lowest BCUT2D eigenvalue weighted by molar-refractivity contribution is -0.129. The molecule has 8 nitrogen and oxygen atoms in total. The molecule has 3 aromatic rings. The second kappa shape index (κ2) is 8.75. The van der Waals surface area contributed by atoms with Crippen LogP contribution in [0.1, 0.15) is 47.8 Å². The smallest absolute Gasteiger partial charge is 0.264 e. The van der Waals surface area contributed by atoms with Gasteiger partial charge in [-0.1, -0.05) is 0 Å². The van der Waals surface area contributed by atoms with Crippen LogP contribution in [-0.2, 0) is 31.2 Å². The van der Waals surface area contributed by atoms with E-state index in [1.54, 1.807) is 34.7 Å². The molecule has 35 heavy (non-hydrogen) atoms. The summed E-state index contributed by atoms with van der Waals surface area (Å²) in [5.41, 5.74) is 17.5. The van der Waals surface area contributed by atoms with Gasteiger partial charge < -0.3 is 25.8 Å². The highest BCUT2D eigenvalue weighted by Crippen LogP contribution is 2.44. The highest BCUT2D eigenvalue weighted by atomic mass is 19.3. The number of hydrogen-bond acceptors (Lipinski definition) is 5. The van der Waals surface area contributed by atoms with E-state index < -0.39 is 6.43 Å². The Balaban J connectivity index is 1.62. The number of anilines is 3. The number of aromatic amines is 1. The molecule has 2 aromatic heterocycles. The summed E-state index contributed by atoms with van der Waals surface area (Å²) in [7, 11) is 1.81. The largest absolute Gasteiger partial charge is 0.405 e. The van der Waals surface area contributed by atoms with Gasteiger partial charge in [0.05, 0.1) is 17.9 Å². The van der Waals surface area contributed by atoms with Gasteiger partial charge in [0.2, 0.25) is 5.91 Å². The van der Waals surface area contributed by atoms with Crippen LogP contribution in [0.2, 0.25) is 0 Å². The molecule has 0 unspecified atom stereocenters. The van der Waals surface area contributed by atoms with Crippen LogP contribution in [0.15, 0.2) is 24.5 Å². The molecule has 0 atom stereocenters. The summed E-state index contributed by atoms with van der Waals surface area (Å²) in [6.45, 7) is 3.31. The van der Waals surface area contributed by atoms with Crippen LogP contribution in [0, 0.1) is 0 Å². The number of hydrogen-bond donors (Lipinski definition) is 3. The van der Waals surface area contributed by atoms with E-state index in [-0.39, 0.29) is 11.5 Å². The average molecular weight is 482 g/mol. The molecular weight excluding hydrogens is 452 g/mol. The van der Waals surface area contributed by atoms with Crippen molar-refractivity contribution in [3.63, 3.8) is 0 Å². The van der Waals surface area contributed by atoms with Gasteiger partial charge in [0.25, 0.3) is 6.43 Å². The Morgan fingerprint density at radius 3 is 2.74 bits per heavy atom. The number of amides is 1. The lowest BCUT2D eigenvalue weighted by Gasteiger charge is -2.33. The number of rotatable bonds is 4. The number of fused-ring (bicyclic) bond motifs is 2. The first kappa shape index (κ1) is 22.9. The molecular formula is C25H29F2N7O. The quantitative estimate of drug-likeness (QED) is 0.524. The second-order valence-corrected chi connectivity index (χ2v) is 9.13. The molecule has 10 heteroatoms. The maximum Gasteiger partial charge on any atom is 0.264 e. The van der Waals surface area contributed by atoms with Crippen molar-refractivity contribution in [1.82, 2.24) is 19.7 Å². The van der Waals surface area contributed by atoms with Crippen LogP contribution >= 0.6 is 0 Å². The van der Waals surface area contributed by atoms with E-state index in [1.165, 1.54) is 6.20 Å². The van der Waals surface area contributed by atoms with Crippen molar-refractivity contribution < 1.29 is 13.6 Å². The first-order chi connectivity index (χ1) is 16.8. The highest BCUT2D eigenvalue weighted by Gasteiger charge is 2.31. The lowest BCUT2D eigenvalue weighted by atomic mass is 9.92. The van der Waals surface area contributed by atoms with Gasteiger partial charge in [-0.15, -0.1) is 0 Å². The van der Waals surface area contributed by atoms with Crippen molar-refractivity contribution in [3.8, 4) is 11.1 Å². The molecule has 0 saturated heterocycles. The van der Waals surface area contributed by atoms with E-state index in [0.29, 0.717) is 54.4 Å². The molecule has 2 aliphatic heterocycles. The number of benzene rings is 1. The SMILES string of the molecule is CC(=O)N1CCc2[nH]nc(N3CCCc4cc(-c5cn(C)c(/C=C\N)c5N)c(C(F)F)cc43)c2C1. The Bertz CT molecular complexity index is 1320. The Labute approximate surface area is 202 Å². The summed E-state index contributed by atoms with van der Waals surface area (Å²) < 4.78 is 30.6. The molecule has 0 radical (unpaired) electrons. The van der Waals surface area contributed by atoms with Gasteiger partial charge >= 0.3 is 0 Å². The van der Waals surface area contributed by atoms with Crippen molar-refractivity contribution in [2.45, 2.75) is 39.2 Å². The normalized spacial score (nSPS) is 15.7. The van der Waals surface area contributed by atoms with Crippen molar-refractivity contribution in [1.29, 1.82) is 0 Å². The molecule has 0 aliphatic carbocycles. The minimum atomic E-state index is -2.69. The molecule has 1 aromatic carbocycles. The van der Waals surface area contributed by atoms with E-state index in [9.17, 15) is 13.6 Å². The van der Waals surface area contributed by atoms with Crippen LogP contribution in [-0.4, -0.2) is 38.7 Å². The average Bonchev–Trinajstić information content (AvgIpc) is 3.38. The molecule has 5 N–H and O–H groups in total. The van der Waals surface area contributed by atoms with Crippen LogP contribution in [0.25, 0.3) is 17.2 Å². The summed E-state index contributed by atoms with van der Waals surface area (Å²) in [4.78, 5) is 15.8. The van der Waals surface area contributed by atoms with Crippen molar-refractivity contribution in [3.05, 3.63) is 52.6 Å². The van der Waals surface area contributed by atoms with Gasteiger partial charge in [-0.05, 0) is 48.4 Å². The summed E-state index contributed by atoms with van der Waals surface area (Å²) in [6, 6.07) is 3.41. The number of carbonyl (C=O) groups is 1. The zero-order valence-electron chi connectivity index (χ0n) is 19.8. The molecule has 2 aliphatic rings. The van der Waals surface area contributed by atoms with Gasteiger partial charge in [0, 0.05) is 67.8 Å². The van der Waals surface area contributed by atoms with Crippen molar-refractivity contribution in [2.75, 3.05) is 23.7 Å². The third-order valence-electron chi connectivity index (χ3n) is 7.03.